The lowest BCUT2D eigenvalue weighted by Crippen LogP contribution is -2.45. The second-order valence-corrected chi connectivity index (χ2v) is 7.66. The van der Waals surface area contributed by atoms with Crippen molar-refractivity contribution < 1.29 is 9.90 Å². The molecule has 148 valence electrons. The number of hydrogen-bond donors (Lipinski definition) is 3. The number of para-hydroxylation sites is 1. The van der Waals surface area contributed by atoms with Crippen molar-refractivity contribution in [3.05, 3.63) is 77.7 Å². The van der Waals surface area contributed by atoms with Crippen molar-refractivity contribution in [2.24, 2.45) is 4.99 Å². The van der Waals surface area contributed by atoms with Gasteiger partial charge in [-0.25, -0.2) is 9.98 Å². The van der Waals surface area contributed by atoms with Crippen molar-refractivity contribution in [2.45, 2.75) is 12.6 Å². The number of carbonyl (C=O) groups excluding carboxylic acids is 1. The number of nitrogens with one attached hydrogen (secondary N) is 2. The molecule has 0 saturated carbocycles. The molecule has 0 radical (unpaired) electrons. The lowest BCUT2D eigenvalue weighted by molar-refractivity contribution is 0.0768. The van der Waals surface area contributed by atoms with Crippen molar-refractivity contribution in [1.29, 1.82) is 0 Å². The summed E-state index contributed by atoms with van der Waals surface area (Å²) in [5.41, 5.74) is 1.70. The third-order valence-electron chi connectivity index (χ3n) is 4.77. The van der Waals surface area contributed by atoms with E-state index in [-0.39, 0.29) is 17.4 Å². The van der Waals surface area contributed by atoms with Gasteiger partial charge in [-0.15, -0.1) is 0 Å². The molecule has 1 aliphatic rings. The Bertz CT molecular complexity index is 1050. The molecule has 1 fully saturated rings. The molecular weight excluding hydrogens is 386 g/mol. The number of imidazole rings is 1. The number of nitrogens with zero attached hydrogens (tertiary/aromatic N) is 3. The standard InChI is InChI=1S/C21H21N5O2S/c1-14-8-10-15(11-9-14)21(28)12-29-20(26(21)16-6-4-3-5-7-16)25-18-17(19(27)22-2)23-13-24-18/h3-11,13,28H,12H2,1-2H3,(H,22,27)(H,23,24)/t21-/m1/s1. The first-order chi connectivity index (χ1) is 14.0. The van der Waals surface area contributed by atoms with Gasteiger partial charge in [0, 0.05) is 18.3 Å². The highest BCUT2D eigenvalue weighted by Crippen LogP contribution is 2.43. The number of aryl methyl sites for hydroxylation is 1. The van der Waals surface area contributed by atoms with E-state index in [2.05, 4.69) is 20.3 Å². The smallest absolute Gasteiger partial charge is 0.271 e. The highest BCUT2D eigenvalue weighted by Gasteiger charge is 2.46. The molecule has 4 rings (SSSR count). The van der Waals surface area contributed by atoms with Gasteiger partial charge in [0.2, 0.25) is 0 Å². The molecule has 29 heavy (non-hydrogen) atoms. The zero-order chi connectivity index (χ0) is 20.4. The summed E-state index contributed by atoms with van der Waals surface area (Å²) in [6.07, 6.45) is 1.43. The zero-order valence-corrected chi connectivity index (χ0v) is 16.9. The number of aliphatic imine (C=N–C) groups is 1. The molecule has 1 amide bonds. The summed E-state index contributed by atoms with van der Waals surface area (Å²) in [7, 11) is 1.55. The lowest BCUT2D eigenvalue weighted by atomic mass is 10.0. The first kappa shape index (κ1) is 19.2. The molecule has 1 atom stereocenters. The molecule has 0 unspecified atom stereocenters. The number of thioether (sulfide) groups is 1. The molecular formula is C21H21N5O2S. The van der Waals surface area contributed by atoms with Crippen LogP contribution in [0.1, 0.15) is 21.6 Å². The van der Waals surface area contributed by atoms with Crippen molar-refractivity contribution in [1.82, 2.24) is 15.3 Å². The zero-order valence-electron chi connectivity index (χ0n) is 16.1. The predicted octanol–water partition coefficient (Wildman–Crippen LogP) is 3.16. The minimum atomic E-state index is -1.28. The first-order valence-corrected chi connectivity index (χ1v) is 10.1. The van der Waals surface area contributed by atoms with Gasteiger partial charge in [-0.3, -0.25) is 9.69 Å². The second-order valence-electron chi connectivity index (χ2n) is 6.72. The number of carbonyl (C=O) groups is 1. The maximum Gasteiger partial charge on any atom is 0.271 e. The largest absolute Gasteiger partial charge is 0.366 e. The van der Waals surface area contributed by atoms with E-state index in [1.807, 2.05) is 61.5 Å². The van der Waals surface area contributed by atoms with Crippen molar-refractivity contribution in [3.8, 4) is 0 Å². The van der Waals surface area contributed by atoms with Gasteiger partial charge in [-0.1, -0.05) is 59.8 Å². The molecule has 1 aromatic heterocycles. The fourth-order valence-corrected chi connectivity index (χ4v) is 4.39. The van der Waals surface area contributed by atoms with Crippen molar-refractivity contribution in [3.63, 3.8) is 0 Å². The van der Waals surface area contributed by atoms with Gasteiger partial charge in [0.1, 0.15) is 0 Å². The van der Waals surface area contributed by atoms with E-state index in [9.17, 15) is 9.90 Å². The third-order valence-corrected chi connectivity index (χ3v) is 5.85. The first-order valence-electron chi connectivity index (χ1n) is 9.14. The van der Waals surface area contributed by atoms with Gasteiger partial charge in [-0.2, -0.15) is 0 Å². The SMILES string of the molecule is CNC(=O)c1[nH]cnc1N=C1SC[C@@](O)(c2ccc(C)cc2)N1c1ccccc1. The Morgan fingerprint density at radius 3 is 2.66 bits per heavy atom. The van der Waals surface area contributed by atoms with E-state index in [1.165, 1.54) is 18.1 Å². The molecule has 7 nitrogen and oxygen atoms in total. The van der Waals surface area contributed by atoms with Crippen molar-refractivity contribution >= 4 is 34.3 Å². The maximum atomic E-state index is 12.1. The lowest BCUT2D eigenvalue weighted by Gasteiger charge is -2.34. The van der Waals surface area contributed by atoms with Crippen LogP contribution in [0.2, 0.25) is 0 Å². The second kappa shape index (κ2) is 7.73. The fourth-order valence-electron chi connectivity index (χ4n) is 3.22. The number of amides is 1. The normalized spacial score (nSPS) is 20.2. The Morgan fingerprint density at radius 2 is 1.97 bits per heavy atom. The highest BCUT2D eigenvalue weighted by atomic mass is 32.2. The van der Waals surface area contributed by atoms with Gasteiger partial charge in [0.05, 0.1) is 12.1 Å². The van der Waals surface area contributed by atoms with E-state index in [0.29, 0.717) is 10.9 Å². The van der Waals surface area contributed by atoms with Gasteiger partial charge < -0.3 is 15.4 Å². The summed E-state index contributed by atoms with van der Waals surface area (Å²) in [5, 5.41) is 14.8. The van der Waals surface area contributed by atoms with Crippen LogP contribution >= 0.6 is 11.8 Å². The minimum Gasteiger partial charge on any atom is -0.366 e. The van der Waals surface area contributed by atoms with Gasteiger partial charge >= 0.3 is 0 Å². The molecule has 2 aromatic carbocycles. The van der Waals surface area contributed by atoms with Crippen LogP contribution < -0.4 is 10.2 Å². The van der Waals surface area contributed by atoms with Gasteiger partial charge in [0.25, 0.3) is 5.91 Å². The number of aromatic nitrogens is 2. The molecule has 0 bridgehead atoms. The van der Waals surface area contributed by atoms with E-state index < -0.39 is 5.72 Å². The quantitative estimate of drug-likeness (QED) is 0.618. The van der Waals surface area contributed by atoms with E-state index in [0.717, 1.165) is 16.8 Å². The van der Waals surface area contributed by atoms with Crippen LogP contribution in [0.25, 0.3) is 0 Å². The van der Waals surface area contributed by atoms with Crippen LogP contribution in [0.4, 0.5) is 11.5 Å². The van der Waals surface area contributed by atoms with Crippen LogP contribution in [0.5, 0.6) is 0 Å². The molecule has 0 aliphatic carbocycles. The predicted molar refractivity (Wildman–Crippen MR) is 116 cm³/mol. The number of hydrogen-bond acceptors (Lipinski definition) is 5. The molecule has 1 saturated heterocycles. The minimum absolute atomic E-state index is 0.277. The molecule has 3 N–H and O–H groups in total. The summed E-state index contributed by atoms with van der Waals surface area (Å²) in [4.78, 5) is 25.5. The molecule has 1 aliphatic heterocycles. The van der Waals surface area contributed by atoms with Gasteiger partial charge in [0.15, 0.2) is 22.4 Å². The van der Waals surface area contributed by atoms with Crippen LogP contribution in [0, 0.1) is 6.92 Å². The summed E-state index contributed by atoms with van der Waals surface area (Å²) in [6, 6.07) is 17.4. The number of anilines is 1. The number of amidine groups is 1. The number of aromatic amines is 1. The Kier molecular flexibility index (Phi) is 5.12. The fraction of sp³-hybridized carbons (Fsp3) is 0.190. The number of rotatable bonds is 4. The summed E-state index contributed by atoms with van der Waals surface area (Å²) in [6.45, 7) is 2.01. The van der Waals surface area contributed by atoms with Gasteiger partial charge in [-0.05, 0) is 19.1 Å². The van der Waals surface area contributed by atoms with Crippen LogP contribution in [0.3, 0.4) is 0 Å². The maximum absolute atomic E-state index is 12.1. The topological polar surface area (TPSA) is 93.6 Å². The average molecular weight is 407 g/mol. The molecule has 8 heteroatoms. The number of aliphatic hydroxyl groups is 1. The molecule has 0 spiro atoms. The summed E-state index contributed by atoms with van der Waals surface area (Å²) < 4.78 is 0. The Hall–Kier alpha value is -3.10. The van der Waals surface area contributed by atoms with Crippen LogP contribution in [-0.4, -0.2) is 38.9 Å². The average Bonchev–Trinajstić information content (AvgIpc) is 3.34. The highest BCUT2D eigenvalue weighted by molar-refractivity contribution is 8.14. The van der Waals surface area contributed by atoms with Crippen LogP contribution in [-0.2, 0) is 5.72 Å². The Balaban J connectivity index is 1.82. The third kappa shape index (κ3) is 3.52. The van der Waals surface area contributed by atoms with E-state index >= 15 is 0 Å². The van der Waals surface area contributed by atoms with E-state index in [4.69, 9.17) is 0 Å². The summed E-state index contributed by atoms with van der Waals surface area (Å²) >= 11 is 1.42. The Morgan fingerprint density at radius 1 is 1.24 bits per heavy atom. The number of benzene rings is 2. The molecule has 2 heterocycles. The summed E-state index contributed by atoms with van der Waals surface area (Å²) in [5.74, 6) is 0.370. The number of H-pyrrole nitrogens is 1. The van der Waals surface area contributed by atoms with E-state index in [1.54, 1.807) is 11.9 Å². The van der Waals surface area contributed by atoms with Crippen LogP contribution in [0.15, 0.2) is 65.9 Å². The molecule has 3 aromatic rings. The van der Waals surface area contributed by atoms with Crippen molar-refractivity contribution in [2.75, 3.05) is 17.7 Å². The monoisotopic (exact) mass is 407 g/mol. The Labute approximate surface area is 172 Å².